The highest BCUT2D eigenvalue weighted by molar-refractivity contribution is 5.89. The molecule has 0 aromatic carbocycles. The number of nitrogens with one attached hydrogen (secondary N) is 1. The maximum Gasteiger partial charge on any atom is 0.338 e. The molecule has 0 radical (unpaired) electrons. The second-order valence-electron chi connectivity index (χ2n) is 3.08. The summed E-state index contributed by atoms with van der Waals surface area (Å²) >= 11 is 0. The minimum atomic E-state index is -1.35. The van der Waals surface area contributed by atoms with E-state index in [0.717, 1.165) is 6.07 Å². The molecule has 0 aliphatic rings. The molecule has 2 rings (SSSR count). The van der Waals surface area contributed by atoms with Gasteiger partial charge in [-0.2, -0.15) is 0 Å². The summed E-state index contributed by atoms with van der Waals surface area (Å²) in [5, 5.41) is 11.3. The van der Waals surface area contributed by atoms with Gasteiger partial charge in [0.25, 0.3) is 0 Å². The fourth-order valence-electron chi connectivity index (χ4n) is 1.20. The molecule has 2 N–H and O–H groups in total. The van der Waals surface area contributed by atoms with E-state index in [1.165, 1.54) is 24.9 Å². The molecule has 6 nitrogen and oxygen atoms in total. The van der Waals surface area contributed by atoms with Crippen molar-refractivity contribution in [3.63, 3.8) is 0 Å². The highest BCUT2D eigenvalue weighted by atomic mass is 19.1. The van der Waals surface area contributed by atoms with Crippen LogP contribution in [-0.4, -0.2) is 26.0 Å². The number of rotatable bonds is 3. The molecule has 2 aromatic heterocycles. The van der Waals surface area contributed by atoms with Crippen LogP contribution in [0.1, 0.15) is 10.4 Å². The lowest BCUT2D eigenvalue weighted by molar-refractivity contribution is 0.0692. The Labute approximate surface area is 95.2 Å². The summed E-state index contributed by atoms with van der Waals surface area (Å²) in [5.41, 5.74) is -0.0270. The zero-order valence-electron chi connectivity index (χ0n) is 8.46. The first kappa shape index (κ1) is 10.9. The number of carboxylic acid groups (broad SMARTS) is 1. The molecular formula is C10H7FN4O2. The summed E-state index contributed by atoms with van der Waals surface area (Å²) in [6.07, 6.45) is 5.37. The van der Waals surface area contributed by atoms with E-state index in [1.807, 2.05) is 0 Å². The van der Waals surface area contributed by atoms with Crippen LogP contribution in [0.2, 0.25) is 0 Å². The van der Waals surface area contributed by atoms with Crippen LogP contribution in [0.15, 0.2) is 31.0 Å². The number of halogens is 1. The zero-order valence-corrected chi connectivity index (χ0v) is 8.46. The number of aromatic nitrogens is 3. The molecule has 86 valence electrons. The maximum atomic E-state index is 13.7. The van der Waals surface area contributed by atoms with E-state index >= 15 is 0 Å². The fourth-order valence-corrected chi connectivity index (χ4v) is 1.20. The monoisotopic (exact) mass is 234 g/mol. The van der Waals surface area contributed by atoms with Gasteiger partial charge in [-0.15, -0.1) is 0 Å². The van der Waals surface area contributed by atoms with Crippen molar-refractivity contribution in [2.75, 3.05) is 5.32 Å². The third kappa shape index (κ3) is 2.33. The summed E-state index contributed by atoms with van der Waals surface area (Å²) < 4.78 is 13.7. The van der Waals surface area contributed by atoms with Gasteiger partial charge in [-0.3, -0.25) is 0 Å². The van der Waals surface area contributed by atoms with Crippen LogP contribution in [0.3, 0.4) is 0 Å². The summed E-state index contributed by atoms with van der Waals surface area (Å²) in [5.74, 6) is -2.46. The molecule has 0 atom stereocenters. The normalized spacial score (nSPS) is 9.94. The molecule has 0 aliphatic carbocycles. The highest BCUT2D eigenvalue weighted by Crippen LogP contribution is 2.18. The van der Waals surface area contributed by atoms with Crippen molar-refractivity contribution < 1.29 is 14.3 Å². The van der Waals surface area contributed by atoms with Crippen LogP contribution in [0.25, 0.3) is 0 Å². The summed E-state index contributed by atoms with van der Waals surface area (Å²) in [7, 11) is 0. The van der Waals surface area contributed by atoms with Crippen molar-refractivity contribution in [2.45, 2.75) is 0 Å². The Morgan fingerprint density at radius 2 is 2.06 bits per heavy atom. The lowest BCUT2D eigenvalue weighted by Crippen LogP contribution is -2.05. The van der Waals surface area contributed by atoms with E-state index in [0.29, 0.717) is 5.69 Å². The minimum absolute atomic E-state index is 0.181. The van der Waals surface area contributed by atoms with Gasteiger partial charge < -0.3 is 10.4 Å². The molecule has 0 aliphatic heterocycles. The van der Waals surface area contributed by atoms with Crippen LogP contribution >= 0.6 is 0 Å². The van der Waals surface area contributed by atoms with Crippen LogP contribution in [-0.2, 0) is 0 Å². The fraction of sp³-hybridized carbons (Fsp3) is 0. The minimum Gasteiger partial charge on any atom is -0.478 e. The molecule has 0 unspecified atom stereocenters. The molecule has 0 bridgehead atoms. The van der Waals surface area contributed by atoms with Crippen LogP contribution in [0, 0.1) is 5.82 Å². The predicted octanol–water partition coefficient (Wildman–Crippen LogP) is 1.45. The average Bonchev–Trinajstić information content (AvgIpc) is 2.33. The van der Waals surface area contributed by atoms with Crippen molar-refractivity contribution in [1.29, 1.82) is 0 Å². The number of nitrogens with zero attached hydrogens (tertiary/aromatic N) is 3. The lowest BCUT2D eigenvalue weighted by atomic mass is 10.2. The Kier molecular flexibility index (Phi) is 2.91. The van der Waals surface area contributed by atoms with Gasteiger partial charge in [0.1, 0.15) is 11.9 Å². The number of pyridine rings is 1. The van der Waals surface area contributed by atoms with E-state index < -0.39 is 17.3 Å². The van der Waals surface area contributed by atoms with Crippen molar-refractivity contribution in [1.82, 2.24) is 15.0 Å². The van der Waals surface area contributed by atoms with Gasteiger partial charge in [0, 0.05) is 6.20 Å². The first-order valence-corrected chi connectivity index (χ1v) is 4.58. The van der Waals surface area contributed by atoms with Gasteiger partial charge in [0.15, 0.2) is 11.6 Å². The first-order valence-electron chi connectivity index (χ1n) is 4.58. The van der Waals surface area contributed by atoms with E-state index in [4.69, 9.17) is 5.11 Å². The van der Waals surface area contributed by atoms with Gasteiger partial charge in [-0.25, -0.2) is 24.1 Å². The third-order valence-corrected chi connectivity index (χ3v) is 1.94. The van der Waals surface area contributed by atoms with Gasteiger partial charge in [0.2, 0.25) is 0 Å². The Morgan fingerprint density at radius 3 is 2.71 bits per heavy atom. The Balaban J connectivity index is 2.34. The maximum absolute atomic E-state index is 13.7. The van der Waals surface area contributed by atoms with Gasteiger partial charge in [-0.05, 0) is 6.07 Å². The van der Waals surface area contributed by atoms with Gasteiger partial charge >= 0.3 is 5.97 Å². The molecule has 0 saturated heterocycles. The van der Waals surface area contributed by atoms with Crippen LogP contribution in [0.4, 0.5) is 15.9 Å². The lowest BCUT2D eigenvalue weighted by Gasteiger charge is -2.06. The molecule has 2 aromatic rings. The summed E-state index contributed by atoms with van der Waals surface area (Å²) in [4.78, 5) is 21.9. The number of anilines is 2. The summed E-state index contributed by atoms with van der Waals surface area (Å²) in [6.45, 7) is 0. The second-order valence-corrected chi connectivity index (χ2v) is 3.08. The van der Waals surface area contributed by atoms with Gasteiger partial charge in [0.05, 0.1) is 18.1 Å². The summed E-state index contributed by atoms with van der Waals surface area (Å²) in [6, 6.07) is 1.09. The SMILES string of the molecule is O=C(O)c1ccnc(Nc2cncnc2)c1F. The first-order chi connectivity index (χ1) is 8.18. The van der Waals surface area contributed by atoms with E-state index in [-0.39, 0.29) is 5.82 Å². The van der Waals surface area contributed by atoms with Crippen LogP contribution in [0.5, 0.6) is 0 Å². The smallest absolute Gasteiger partial charge is 0.338 e. The Morgan fingerprint density at radius 1 is 1.35 bits per heavy atom. The Hall–Kier alpha value is -2.57. The number of carboxylic acids is 1. The van der Waals surface area contributed by atoms with E-state index in [1.54, 1.807) is 0 Å². The quantitative estimate of drug-likeness (QED) is 0.835. The molecule has 7 heteroatoms. The zero-order chi connectivity index (χ0) is 12.3. The second kappa shape index (κ2) is 4.52. The van der Waals surface area contributed by atoms with Gasteiger partial charge in [-0.1, -0.05) is 0 Å². The molecular weight excluding hydrogens is 227 g/mol. The number of hydrogen-bond donors (Lipinski definition) is 2. The van der Waals surface area contributed by atoms with Crippen molar-refractivity contribution >= 4 is 17.5 Å². The van der Waals surface area contributed by atoms with Crippen molar-refractivity contribution in [2.24, 2.45) is 0 Å². The van der Waals surface area contributed by atoms with Crippen molar-refractivity contribution in [3.8, 4) is 0 Å². The Bertz CT molecular complexity index is 547. The number of hydrogen-bond acceptors (Lipinski definition) is 5. The molecule has 17 heavy (non-hydrogen) atoms. The van der Waals surface area contributed by atoms with Crippen molar-refractivity contribution in [3.05, 3.63) is 42.4 Å². The third-order valence-electron chi connectivity index (χ3n) is 1.94. The topological polar surface area (TPSA) is 88.0 Å². The predicted molar refractivity (Wildman–Crippen MR) is 56.5 cm³/mol. The highest BCUT2D eigenvalue weighted by Gasteiger charge is 2.15. The molecule has 0 fully saturated rings. The molecule has 0 saturated carbocycles. The van der Waals surface area contributed by atoms with E-state index in [2.05, 4.69) is 20.3 Å². The van der Waals surface area contributed by atoms with Crippen LogP contribution < -0.4 is 5.32 Å². The largest absolute Gasteiger partial charge is 0.478 e. The standard InChI is InChI=1S/C10H7FN4O2/c11-8-7(10(16)17)1-2-14-9(8)15-6-3-12-5-13-4-6/h1-5H,(H,14,15)(H,16,17). The van der Waals surface area contributed by atoms with E-state index in [9.17, 15) is 9.18 Å². The number of aromatic carboxylic acids is 1. The molecule has 0 spiro atoms. The average molecular weight is 234 g/mol. The number of carbonyl (C=O) groups is 1. The molecule has 0 amide bonds. The molecule has 2 heterocycles.